The zero-order valence-corrected chi connectivity index (χ0v) is 27.5. The molecule has 1 aromatic heterocycles. The molecule has 2 heterocycles. The molecule has 5 rings (SSSR count). The molecule has 0 atom stereocenters. The van der Waals surface area contributed by atoms with Crippen molar-refractivity contribution in [2.24, 2.45) is 7.05 Å². The van der Waals surface area contributed by atoms with Gasteiger partial charge in [0.15, 0.2) is 0 Å². The predicted octanol–water partition coefficient (Wildman–Crippen LogP) is 4.74. The van der Waals surface area contributed by atoms with E-state index in [4.69, 9.17) is 10.1 Å². The lowest BCUT2D eigenvalue weighted by Gasteiger charge is -2.33. The number of anilines is 1. The normalized spacial score (nSPS) is 13.8. The molecule has 1 fully saturated rings. The number of carbonyl (C=O) groups excluding carboxylic acids is 2. The lowest BCUT2D eigenvalue weighted by molar-refractivity contribution is -0.138. The SMILES string of the molecule is Cc1c(NC(=O)c2ccc(C(C)(C)C)cc2)cccc1-c1cn(C)c(=O)c(Cc2ccc(C(=O)N3CCN(CC(=O)O)CC3)cc2)n1. The van der Waals surface area contributed by atoms with E-state index >= 15 is 0 Å². The number of aliphatic carboxylic acids is 1. The van der Waals surface area contributed by atoms with Gasteiger partial charge in [0.05, 0.1) is 12.2 Å². The number of nitrogens with zero attached hydrogens (tertiary/aromatic N) is 4. The highest BCUT2D eigenvalue weighted by Crippen LogP contribution is 2.28. The van der Waals surface area contributed by atoms with Crippen molar-refractivity contribution in [1.29, 1.82) is 0 Å². The summed E-state index contributed by atoms with van der Waals surface area (Å²) in [4.78, 5) is 58.6. The summed E-state index contributed by atoms with van der Waals surface area (Å²) in [7, 11) is 1.69. The molecule has 47 heavy (non-hydrogen) atoms. The van der Waals surface area contributed by atoms with Gasteiger partial charge >= 0.3 is 5.97 Å². The lowest BCUT2D eigenvalue weighted by atomic mass is 9.86. The van der Waals surface area contributed by atoms with E-state index in [2.05, 4.69) is 26.1 Å². The number of rotatable bonds is 8. The molecule has 4 aromatic rings. The van der Waals surface area contributed by atoms with Gasteiger partial charge in [0.2, 0.25) is 0 Å². The van der Waals surface area contributed by atoms with E-state index in [-0.39, 0.29) is 35.8 Å². The lowest BCUT2D eigenvalue weighted by Crippen LogP contribution is -2.49. The zero-order chi connectivity index (χ0) is 33.9. The first-order valence-electron chi connectivity index (χ1n) is 15.7. The summed E-state index contributed by atoms with van der Waals surface area (Å²) in [6, 6.07) is 20.4. The summed E-state index contributed by atoms with van der Waals surface area (Å²) in [6.45, 7) is 10.3. The summed E-state index contributed by atoms with van der Waals surface area (Å²) in [5, 5.41) is 12.0. The molecule has 2 N–H and O–H groups in total. The molecule has 0 radical (unpaired) electrons. The van der Waals surface area contributed by atoms with Gasteiger partial charge < -0.3 is 19.9 Å². The van der Waals surface area contributed by atoms with E-state index in [1.807, 2.05) is 66.4 Å². The molecule has 10 heteroatoms. The molecule has 2 amide bonds. The van der Waals surface area contributed by atoms with Crippen LogP contribution in [0.5, 0.6) is 0 Å². The second-order valence-corrected chi connectivity index (χ2v) is 13.1. The number of carboxylic acid groups (broad SMARTS) is 1. The highest BCUT2D eigenvalue weighted by molar-refractivity contribution is 6.05. The Hall–Kier alpha value is -5.09. The van der Waals surface area contributed by atoms with Gasteiger partial charge in [-0.05, 0) is 59.4 Å². The van der Waals surface area contributed by atoms with Gasteiger partial charge in [-0.1, -0.05) is 57.2 Å². The van der Waals surface area contributed by atoms with Gasteiger partial charge in [-0.15, -0.1) is 0 Å². The molecule has 10 nitrogen and oxygen atoms in total. The average Bonchev–Trinajstić information content (AvgIpc) is 3.04. The minimum absolute atomic E-state index is 0.00676. The first-order chi connectivity index (χ1) is 22.3. The van der Waals surface area contributed by atoms with Crippen LogP contribution in [0.1, 0.15) is 63.9 Å². The van der Waals surface area contributed by atoms with Crippen molar-refractivity contribution in [2.75, 3.05) is 38.0 Å². The molecule has 0 unspecified atom stereocenters. The summed E-state index contributed by atoms with van der Waals surface area (Å²) in [5.41, 5.74) is 6.14. The van der Waals surface area contributed by atoms with E-state index < -0.39 is 5.97 Å². The Morgan fingerprint density at radius 2 is 1.53 bits per heavy atom. The molecule has 0 spiro atoms. The topological polar surface area (TPSA) is 125 Å². The summed E-state index contributed by atoms with van der Waals surface area (Å²) < 4.78 is 1.51. The largest absolute Gasteiger partial charge is 0.480 e. The Kier molecular flexibility index (Phi) is 9.72. The Morgan fingerprint density at radius 1 is 0.894 bits per heavy atom. The molecular weight excluding hydrogens is 594 g/mol. The van der Waals surface area contributed by atoms with E-state index in [0.717, 1.165) is 22.3 Å². The average molecular weight is 636 g/mol. The van der Waals surface area contributed by atoms with E-state index in [1.54, 1.807) is 30.3 Å². The van der Waals surface area contributed by atoms with Gasteiger partial charge in [0, 0.05) is 68.2 Å². The van der Waals surface area contributed by atoms with Crippen LogP contribution in [0, 0.1) is 6.92 Å². The maximum atomic E-state index is 13.1. The molecule has 1 saturated heterocycles. The Bertz CT molecular complexity index is 1850. The van der Waals surface area contributed by atoms with Crippen LogP contribution >= 0.6 is 0 Å². The molecule has 3 aromatic carbocycles. The number of piperazine rings is 1. The van der Waals surface area contributed by atoms with Gasteiger partial charge in [-0.25, -0.2) is 4.98 Å². The number of nitrogens with one attached hydrogen (secondary N) is 1. The zero-order valence-electron chi connectivity index (χ0n) is 27.5. The van der Waals surface area contributed by atoms with Crippen LogP contribution in [0.2, 0.25) is 0 Å². The maximum absolute atomic E-state index is 13.1. The van der Waals surface area contributed by atoms with Crippen molar-refractivity contribution in [1.82, 2.24) is 19.4 Å². The molecule has 0 aliphatic carbocycles. The fourth-order valence-electron chi connectivity index (χ4n) is 5.72. The quantitative estimate of drug-likeness (QED) is 0.287. The van der Waals surface area contributed by atoms with E-state index in [9.17, 15) is 19.2 Å². The fourth-order valence-corrected chi connectivity index (χ4v) is 5.72. The number of carbonyl (C=O) groups is 3. The summed E-state index contributed by atoms with van der Waals surface area (Å²) in [6.07, 6.45) is 1.98. The van der Waals surface area contributed by atoms with Crippen LogP contribution in [0.15, 0.2) is 77.7 Å². The highest BCUT2D eigenvalue weighted by atomic mass is 16.4. The van der Waals surface area contributed by atoms with Crippen LogP contribution in [0.4, 0.5) is 5.69 Å². The van der Waals surface area contributed by atoms with Crippen molar-refractivity contribution in [3.63, 3.8) is 0 Å². The van der Waals surface area contributed by atoms with Gasteiger partial charge in [0.1, 0.15) is 5.69 Å². The van der Waals surface area contributed by atoms with Crippen molar-refractivity contribution < 1.29 is 19.5 Å². The van der Waals surface area contributed by atoms with Crippen molar-refractivity contribution in [3.8, 4) is 11.3 Å². The van der Waals surface area contributed by atoms with Crippen molar-refractivity contribution in [2.45, 2.75) is 39.5 Å². The number of aryl methyl sites for hydroxylation is 1. The Balaban J connectivity index is 1.30. The third kappa shape index (κ3) is 7.84. The first kappa shape index (κ1) is 33.3. The summed E-state index contributed by atoms with van der Waals surface area (Å²) in [5.74, 6) is -1.19. The smallest absolute Gasteiger partial charge is 0.317 e. The molecule has 244 valence electrons. The Morgan fingerprint density at radius 3 is 2.15 bits per heavy atom. The maximum Gasteiger partial charge on any atom is 0.317 e. The van der Waals surface area contributed by atoms with Gasteiger partial charge in [0.25, 0.3) is 17.4 Å². The highest BCUT2D eigenvalue weighted by Gasteiger charge is 2.23. The molecule has 0 bridgehead atoms. The number of carboxylic acids is 1. The molecule has 1 aliphatic heterocycles. The number of hydrogen-bond donors (Lipinski definition) is 2. The summed E-state index contributed by atoms with van der Waals surface area (Å²) >= 11 is 0. The number of aromatic nitrogens is 2. The monoisotopic (exact) mass is 635 g/mol. The second kappa shape index (κ2) is 13.7. The van der Waals surface area contributed by atoms with Crippen LogP contribution in [0.25, 0.3) is 11.3 Å². The second-order valence-electron chi connectivity index (χ2n) is 13.1. The fraction of sp³-hybridized carbons (Fsp3) is 0.324. The van der Waals surface area contributed by atoms with Crippen LogP contribution in [0.3, 0.4) is 0 Å². The van der Waals surface area contributed by atoms with E-state index in [1.165, 1.54) is 4.57 Å². The minimum Gasteiger partial charge on any atom is -0.480 e. The van der Waals surface area contributed by atoms with Crippen LogP contribution < -0.4 is 10.9 Å². The first-order valence-corrected chi connectivity index (χ1v) is 15.7. The van der Waals surface area contributed by atoms with E-state index in [0.29, 0.717) is 54.4 Å². The third-order valence-corrected chi connectivity index (χ3v) is 8.60. The number of hydrogen-bond acceptors (Lipinski definition) is 6. The number of benzene rings is 3. The molecule has 0 saturated carbocycles. The van der Waals surface area contributed by atoms with Gasteiger partial charge in [-0.2, -0.15) is 0 Å². The van der Waals surface area contributed by atoms with Crippen LogP contribution in [-0.4, -0.2) is 75.0 Å². The minimum atomic E-state index is -0.874. The molecular formula is C37H41N5O5. The number of amides is 2. The van der Waals surface area contributed by atoms with Gasteiger partial charge in [-0.3, -0.25) is 24.1 Å². The van der Waals surface area contributed by atoms with Crippen molar-refractivity contribution in [3.05, 3.63) is 117 Å². The Labute approximate surface area is 274 Å². The predicted molar refractivity (Wildman–Crippen MR) is 182 cm³/mol. The standard InChI is InChI=1S/C37H41N5O5/c1-24-29(7-6-8-30(24)39-34(45)26-13-15-28(16-14-26)37(2,3)4)32-22-40(5)36(47)31(38-32)21-25-9-11-27(12-10-25)35(46)42-19-17-41(18-20-42)23-33(43)44/h6-16,22H,17-21,23H2,1-5H3,(H,39,45)(H,43,44). The van der Waals surface area contributed by atoms with Crippen LogP contribution in [-0.2, 0) is 23.7 Å². The molecule has 1 aliphatic rings. The third-order valence-electron chi connectivity index (χ3n) is 8.60. The van der Waals surface area contributed by atoms with Crippen molar-refractivity contribution >= 4 is 23.5 Å².